The third-order valence-corrected chi connectivity index (χ3v) is 8.09. The van der Waals surface area contributed by atoms with Crippen LogP contribution < -0.4 is 5.32 Å². The highest BCUT2D eigenvalue weighted by molar-refractivity contribution is 6.37. The number of hydrogen-bond donors (Lipinski definition) is 2. The number of likely N-dealkylation sites (tertiary alicyclic amines) is 1. The highest BCUT2D eigenvalue weighted by Gasteiger charge is 2.48. The van der Waals surface area contributed by atoms with Gasteiger partial charge in [-0.15, -0.1) is 0 Å². The van der Waals surface area contributed by atoms with Gasteiger partial charge >= 0.3 is 0 Å². The summed E-state index contributed by atoms with van der Waals surface area (Å²) < 4.78 is 0. The van der Waals surface area contributed by atoms with Gasteiger partial charge in [-0.3, -0.25) is 14.4 Å². The number of aliphatic hydroxyl groups excluding tert-OH is 1. The third-order valence-electron chi connectivity index (χ3n) is 8.09. The van der Waals surface area contributed by atoms with Gasteiger partial charge in [0.1, 0.15) is 5.78 Å². The zero-order valence-electron chi connectivity index (χ0n) is 17.6. The highest BCUT2D eigenvalue weighted by Crippen LogP contribution is 2.38. The van der Waals surface area contributed by atoms with Crippen LogP contribution in [0.15, 0.2) is 0 Å². The van der Waals surface area contributed by atoms with Crippen LogP contribution in [-0.4, -0.2) is 58.8 Å². The van der Waals surface area contributed by atoms with E-state index in [4.69, 9.17) is 0 Å². The summed E-state index contributed by atoms with van der Waals surface area (Å²) in [5, 5.41) is 13.2. The SMILES string of the molecule is CC1NC2CCCCC2C1C(=O)C(=O)N1CCC(C(=O)C2CCC(O)CC2)CC1. The lowest BCUT2D eigenvalue weighted by molar-refractivity contribution is -0.149. The van der Waals surface area contributed by atoms with Gasteiger partial charge in [-0.1, -0.05) is 12.8 Å². The van der Waals surface area contributed by atoms with Crippen LogP contribution in [0.2, 0.25) is 0 Å². The van der Waals surface area contributed by atoms with E-state index in [1.54, 1.807) is 4.90 Å². The molecule has 4 aliphatic rings. The summed E-state index contributed by atoms with van der Waals surface area (Å²) in [7, 11) is 0. The standard InChI is InChI=1S/C23H36N2O4/c1-14-20(18-4-2-3-5-19(18)24-14)22(28)23(29)25-12-10-16(11-13-25)21(27)15-6-8-17(26)9-7-15/h14-20,24,26H,2-13H2,1H3. The minimum Gasteiger partial charge on any atom is -0.393 e. The number of Topliss-reactive ketones (excluding diaryl/α,β-unsaturated/α-hetero) is 2. The Morgan fingerprint density at radius 2 is 1.48 bits per heavy atom. The van der Waals surface area contributed by atoms with Crippen LogP contribution in [0.1, 0.15) is 71.1 Å². The number of fused-ring (bicyclic) bond motifs is 1. The zero-order chi connectivity index (χ0) is 20.5. The molecule has 2 saturated carbocycles. The molecule has 0 spiro atoms. The summed E-state index contributed by atoms with van der Waals surface area (Å²) in [6.07, 6.45) is 8.60. The first kappa shape index (κ1) is 21.0. The van der Waals surface area contributed by atoms with Crippen LogP contribution in [0.4, 0.5) is 0 Å². The zero-order valence-corrected chi connectivity index (χ0v) is 17.6. The molecule has 2 aliphatic heterocycles. The average Bonchev–Trinajstić information content (AvgIpc) is 3.08. The molecule has 6 nitrogen and oxygen atoms in total. The van der Waals surface area contributed by atoms with Gasteiger partial charge in [0.2, 0.25) is 5.78 Å². The van der Waals surface area contributed by atoms with Gasteiger partial charge in [-0.2, -0.15) is 0 Å². The number of carbonyl (C=O) groups is 3. The van der Waals surface area contributed by atoms with E-state index in [1.807, 2.05) is 6.92 Å². The predicted molar refractivity (Wildman–Crippen MR) is 109 cm³/mol. The summed E-state index contributed by atoms with van der Waals surface area (Å²) >= 11 is 0. The maximum atomic E-state index is 13.1. The van der Waals surface area contributed by atoms with Crippen LogP contribution in [0.25, 0.3) is 0 Å². The third kappa shape index (κ3) is 4.29. The molecule has 2 N–H and O–H groups in total. The number of piperidine rings is 1. The first-order valence-electron chi connectivity index (χ1n) is 11.8. The Hall–Kier alpha value is -1.27. The van der Waals surface area contributed by atoms with E-state index in [9.17, 15) is 19.5 Å². The topological polar surface area (TPSA) is 86.7 Å². The van der Waals surface area contributed by atoms with Gasteiger partial charge in [0, 0.05) is 42.9 Å². The molecule has 6 heteroatoms. The molecule has 0 aromatic carbocycles. The average molecular weight is 405 g/mol. The summed E-state index contributed by atoms with van der Waals surface area (Å²) in [5.74, 6) is -0.0529. The highest BCUT2D eigenvalue weighted by atomic mass is 16.3. The number of amides is 1. The van der Waals surface area contributed by atoms with Crippen molar-refractivity contribution in [1.29, 1.82) is 0 Å². The number of nitrogens with one attached hydrogen (secondary N) is 1. The molecular formula is C23H36N2O4. The summed E-state index contributed by atoms with van der Waals surface area (Å²) in [4.78, 5) is 40.6. The molecule has 4 atom stereocenters. The molecule has 2 aliphatic carbocycles. The largest absolute Gasteiger partial charge is 0.393 e. The Labute approximate surface area is 173 Å². The molecule has 2 saturated heterocycles. The molecular weight excluding hydrogens is 368 g/mol. The van der Waals surface area contributed by atoms with Crippen LogP contribution in [0.3, 0.4) is 0 Å². The van der Waals surface area contributed by atoms with Crippen molar-refractivity contribution in [1.82, 2.24) is 10.2 Å². The van der Waals surface area contributed by atoms with E-state index in [0.29, 0.717) is 43.7 Å². The molecule has 4 fully saturated rings. The van der Waals surface area contributed by atoms with E-state index >= 15 is 0 Å². The van der Waals surface area contributed by atoms with Gasteiger partial charge < -0.3 is 15.3 Å². The van der Waals surface area contributed by atoms with E-state index in [2.05, 4.69) is 5.32 Å². The molecule has 0 aromatic heterocycles. The molecule has 0 bridgehead atoms. The van der Waals surface area contributed by atoms with Crippen molar-refractivity contribution in [2.75, 3.05) is 13.1 Å². The molecule has 4 rings (SSSR count). The quantitative estimate of drug-likeness (QED) is 0.701. The number of ketones is 2. The van der Waals surface area contributed by atoms with Gasteiger partial charge in [0.05, 0.1) is 6.10 Å². The minimum atomic E-state index is -0.332. The van der Waals surface area contributed by atoms with Crippen LogP contribution >= 0.6 is 0 Å². The van der Waals surface area contributed by atoms with Crippen molar-refractivity contribution in [3.63, 3.8) is 0 Å². The van der Waals surface area contributed by atoms with Crippen molar-refractivity contribution < 1.29 is 19.5 Å². The summed E-state index contributed by atoms with van der Waals surface area (Å²) in [6, 6.07) is 0.457. The van der Waals surface area contributed by atoms with Crippen molar-refractivity contribution >= 4 is 17.5 Å². The summed E-state index contributed by atoms with van der Waals surface area (Å²) in [5.41, 5.74) is 0. The number of aliphatic hydroxyl groups is 1. The number of rotatable bonds is 4. The van der Waals surface area contributed by atoms with Crippen molar-refractivity contribution in [3.05, 3.63) is 0 Å². The molecule has 2 heterocycles. The molecule has 4 unspecified atom stereocenters. The smallest absolute Gasteiger partial charge is 0.290 e. The van der Waals surface area contributed by atoms with E-state index in [0.717, 1.165) is 44.9 Å². The summed E-state index contributed by atoms with van der Waals surface area (Å²) in [6.45, 7) is 3.07. The molecule has 0 radical (unpaired) electrons. The van der Waals surface area contributed by atoms with Gasteiger partial charge in [-0.25, -0.2) is 0 Å². The van der Waals surface area contributed by atoms with E-state index in [1.165, 1.54) is 6.42 Å². The molecule has 0 aromatic rings. The lowest BCUT2D eigenvalue weighted by Crippen LogP contribution is -2.48. The first-order valence-corrected chi connectivity index (χ1v) is 11.8. The maximum Gasteiger partial charge on any atom is 0.290 e. The Morgan fingerprint density at radius 1 is 0.862 bits per heavy atom. The number of nitrogens with zero attached hydrogens (tertiary/aromatic N) is 1. The van der Waals surface area contributed by atoms with Crippen LogP contribution in [0.5, 0.6) is 0 Å². The van der Waals surface area contributed by atoms with Crippen LogP contribution in [0, 0.1) is 23.7 Å². The van der Waals surface area contributed by atoms with Crippen LogP contribution in [-0.2, 0) is 14.4 Å². The van der Waals surface area contributed by atoms with Gasteiger partial charge in [-0.05, 0) is 64.2 Å². The van der Waals surface area contributed by atoms with Crippen molar-refractivity contribution in [3.8, 4) is 0 Å². The second kappa shape index (κ2) is 8.84. The lowest BCUT2D eigenvalue weighted by atomic mass is 9.76. The predicted octanol–water partition coefficient (Wildman–Crippen LogP) is 2.08. The van der Waals surface area contributed by atoms with Crippen molar-refractivity contribution in [2.45, 2.75) is 89.3 Å². The lowest BCUT2D eigenvalue weighted by Gasteiger charge is -2.35. The van der Waals surface area contributed by atoms with E-state index in [-0.39, 0.29) is 41.6 Å². The fraction of sp³-hybridized carbons (Fsp3) is 0.870. The number of carbonyl (C=O) groups excluding carboxylic acids is 3. The van der Waals surface area contributed by atoms with Gasteiger partial charge in [0.25, 0.3) is 5.91 Å². The fourth-order valence-electron chi connectivity index (χ4n) is 6.39. The molecule has 1 amide bonds. The first-order chi connectivity index (χ1) is 14.0. The maximum absolute atomic E-state index is 13.1. The van der Waals surface area contributed by atoms with E-state index < -0.39 is 0 Å². The molecule has 162 valence electrons. The second-order valence-corrected chi connectivity index (χ2v) is 9.87. The normalized spacial score (nSPS) is 38.5. The Morgan fingerprint density at radius 3 is 2.17 bits per heavy atom. The Bertz CT molecular complexity index is 635. The van der Waals surface area contributed by atoms with Crippen molar-refractivity contribution in [2.24, 2.45) is 23.7 Å². The monoisotopic (exact) mass is 404 g/mol. The Balaban J connectivity index is 1.31. The molecule has 29 heavy (non-hydrogen) atoms. The second-order valence-electron chi connectivity index (χ2n) is 9.87. The minimum absolute atomic E-state index is 0.00388. The van der Waals surface area contributed by atoms with Gasteiger partial charge in [0.15, 0.2) is 0 Å². The Kier molecular flexibility index (Phi) is 6.40. The fourth-order valence-corrected chi connectivity index (χ4v) is 6.39. The number of hydrogen-bond acceptors (Lipinski definition) is 5.